The van der Waals surface area contributed by atoms with Crippen molar-refractivity contribution in [3.05, 3.63) is 11.6 Å². The minimum Gasteiger partial charge on any atom is -0.358 e. The highest BCUT2D eigenvalue weighted by atomic mass is 16.6. The van der Waals surface area contributed by atoms with Gasteiger partial charge >= 0.3 is 0 Å². The third-order valence-corrected chi connectivity index (χ3v) is 12.1. The highest BCUT2D eigenvalue weighted by Crippen LogP contribution is 2.73. The number of hydrogen-bond acceptors (Lipinski definition) is 3. The molecule has 33 heavy (non-hydrogen) atoms. The SMILES string of the molecule is C[C@@H](CC(=O)C1OC1(C)C)[C@@H]1CC[C@]2(C)C3=CC[C@H]4C(C)(C)C(=O)CC[C@]4(C)[C@H]3CC[C@@]12C. The highest BCUT2D eigenvalue weighted by Gasteiger charge is 2.65. The maximum Gasteiger partial charge on any atom is 0.164 e. The number of ether oxygens (including phenoxy) is 1. The van der Waals surface area contributed by atoms with E-state index in [1.165, 1.54) is 25.7 Å². The molecular weight excluding hydrogens is 408 g/mol. The van der Waals surface area contributed by atoms with Crippen molar-refractivity contribution in [2.24, 2.45) is 45.3 Å². The maximum absolute atomic E-state index is 12.9. The Kier molecular flexibility index (Phi) is 5.08. The molecule has 0 aromatic heterocycles. The van der Waals surface area contributed by atoms with Crippen LogP contribution in [-0.2, 0) is 14.3 Å². The summed E-state index contributed by atoms with van der Waals surface area (Å²) in [6.07, 6.45) is 10.9. The molecular formula is C30H46O3. The zero-order valence-corrected chi connectivity index (χ0v) is 22.3. The minimum atomic E-state index is -0.253. The number of carbonyl (C=O) groups excluding carboxylic acids is 2. The number of allylic oxidation sites excluding steroid dienone is 2. The molecule has 1 unspecified atom stereocenters. The van der Waals surface area contributed by atoms with Crippen molar-refractivity contribution >= 4 is 11.6 Å². The van der Waals surface area contributed by atoms with Gasteiger partial charge in [-0.25, -0.2) is 0 Å². The Labute approximate surface area is 201 Å². The smallest absolute Gasteiger partial charge is 0.164 e. The molecule has 3 heteroatoms. The van der Waals surface area contributed by atoms with Crippen molar-refractivity contribution in [1.82, 2.24) is 0 Å². The molecule has 0 bridgehead atoms. The summed E-state index contributed by atoms with van der Waals surface area (Å²) < 4.78 is 5.66. The average Bonchev–Trinajstić information content (AvgIpc) is 3.26. The van der Waals surface area contributed by atoms with Gasteiger partial charge in [-0.2, -0.15) is 0 Å². The predicted octanol–water partition coefficient (Wildman–Crippen LogP) is 6.93. The molecule has 3 saturated carbocycles. The van der Waals surface area contributed by atoms with Gasteiger partial charge in [-0.3, -0.25) is 9.59 Å². The molecule has 0 aromatic rings. The zero-order chi connectivity index (χ0) is 24.2. The van der Waals surface area contributed by atoms with Gasteiger partial charge in [0.25, 0.3) is 0 Å². The fourth-order valence-electron chi connectivity index (χ4n) is 9.76. The average molecular weight is 455 g/mol. The molecule has 4 aliphatic carbocycles. The molecule has 1 aliphatic heterocycles. The van der Waals surface area contributed by atoms with Gasteiger partial charge in [0.2, 0.25) is 0 Å². The largest absolute Gasteiger partial charge is 0.358 e. The third kappa shape index (κ3) is 3.09. The summed E-state index contributed by atoms with van der Waals surface area (Å²) in [5.74, 6) is 2.84. The number of epoxide rings is 1. The first-order chi connectivity index (χ1) is 15.2. The summed E-state index contributed by atoms with van der Waals surface area (Å²) in [5.41, 5.74) is 1.96. The minimum absolute atomic E-state index is 0.188. The fraction of sp³-hybridized carbons (Fsp3) is 0.867. The second-order valence-corrected chi connectivity index (χ2v) is 14.3. The predicted molar refractivity (Wildman–Crippen MR) is 132 cm³/mol. The number of Topliss-reactive ketones (excluding diaryl/α,β-unsaturated/α-hetero) is 2. The van der Waals surface area contributed by atoms with Crippen molar-refractivity contribution in [1.29, 1.82) is 0 Å². The van der Waals surface area contributed by atoms with E-state index >= 15 is 0 Å². The van der Waals surface area contributed by atoms with E-state index in [4.69, 9.17) is 4.74 Å². The number of ketones is 2. The van der Waals surface area contributed by atoms with Crippen LogP contribution in [-0.4, -0.2) is 23.3 Å². The topological polar surface area (TPSA) is 46.7 Å². The lowest BCUT2D eigenvalue weighted by Crippen LogP contribution is -2.57. The normalized spacial score (nSPS) is 48.2. The zero-order valence-electron chi connectivity index (χ0n) is 22.3. The Hall–Kier alpha value is -0.960. The Morgan fingerprint density at radius 3 is 2.36 bits per heavy atom. The Bertz CT molecular complexity index is 912. The lowest BCUT2D eigenvalue weighted by atomic mass is 9.41. The number of fused-ring (bicyclic) bond motifs is 5. The first kappa shape index (κ1) is 23.8. The Morgan fingerprint density at radius 2 is 1.73 bits per heavy atom. The Balaban J connectivity index is 1.41. The van der Waals surface area contributed by atoms with Crippen LogP contribution in [0.15, 0.2) is 11.6 Å². The van der Waals surface area contributed by atoms with Crippen LogP contribution in [0.25, 0.3) is 0 Å². The lowest BCUT2D eigenvalue weighted by molar-refractivity contribution is -0.146. The molecule has 5 rings (SSSR count). The summed E-state index contributed by atoms with van der Waals surface area (Å²) in [6, 6.07) is 0. The first-order valence-electron chi connectivity index (χ1n) is 13.6. The van der Waals surface area contributed by atoms with Crippen molar-refractivity contribution in [2.75, 3.05) is 0 Å². The van der Waals surface area contributed by atoms with E-state index in [1.807, 2.05) is 13.8 Å². The van der Waals surface area contributed by atoms with Gasteiger partial charge in [0.15, 0.2) is 5.78 Å². The van der Waals surface area contributed by atoms with Crippen LogP contribution in [0.3, 0.4) is 0 Å². The molecule has 0 spiro atoms. The van der Waals surface area contributed by atoms with Gasteiger partial charge in [-0.05, 0) is 92.3 Å². The molecule has 0 aromatic carbocycles. The fourth-order valence-corrected chi connectivity index (χ4v) is 9.76. The maximum atomic E-state index is 12.9. The highest BCUT2D eigenvalue weighted by molar-refractivity contribution is 5.87. The molecule has 0 radical (unpaired) electrons. The van der Waals surface area contributed by atoms with Gasteiger partial charge in [0.05, 0.1) is 5.60 Å². The van der Waals surface area contributed by atoms with E-state index in [0.717, 1.165) is 19.3 Å². The van der Waals surface area contributed by atoms with E-state index in [9.17, 15) is 9.59 Å². The summed E-state index contributed by atoms with van der Waals surface area (Å²) in [5, 5.41) is 0. The van der Waals surface area contributed by atoms with E-state index in [2.05, 4.69) is 47.6 Å². The summed E-state index contributed by atoms with van der Waals surface area (Å²) in [7, 11) is 0. The van der Waals surface area contributed by atoms with E-state index < -0.39 is 0 Å². The van der Waals surface area contributed by atoms with Crippen LogP contribution in [0, 0.1) is 45.3 Å². The second kappa shape index (κ2) is 7.05. The van der Waals surface area contributed by atoms with Crippen molar-refractivity contribution in [3.8, 4) is 0 Å². The number of rotatable bonds is 4. The van der Waals surface area contributed by atoms with Crippen LogP contribution in [0.4, 0.5) is 0 Å². The number of carbonyl (C=O) groups is 2. The molecule has 4 fully saturated rings. The Morgan fingerprint density at radius 1 is 1.06 bits per heavy atom. The van der Waals surface area contributed by atoms with Gasteiger partial charge in [-0.15, -0.1) is 0 Å². The molecule has 8 atom stereocenters. The second-order valence-electron chi connectivity index (χ2n) is 14.3. The summed E-state index contributed by atoms with van der Waals surface area (Å²) >= 11 is 0. The third-order valence-electron chi connectivity index (χ3n) is 12.1. The van der Waals surface area contributed by atoms with E-state index in [1.54, 1.807) is 5.57 Å². The van der Waals surface area contributed by atoms with Crippen molar-refractivity contribution < 1.29 is 14.3 Å². The molecule has 1 heterocycles. The van der Waals surface area contributed by atoms with Crippen LogP contribution in [0.1, 0.15) is 107 Å². The van der Waals surface area contributed by atoms with E-state index in [0.29, 0.717) is 41.7 Å². The van der Waals surface area contributed by atoms with Crippen LogP contribution >= 0.6 is 0 Å². The number of hydrogen-bond donors (Lipinski definition) is 0. The van der Waals surface area contributed by atoms with Gasteiger partial charge in [-0.1, -0.05) is 53.2 Å². The lowest BCUT2D eigenvalue weighted by Gasteiger charge is -2.63. The summed E-state index contributed by atoms with van der Waals surface area (Å²) in [4.78, 5) is 25.7. The molecule has 1 saturated heterocycles. The quantitative estimate of drug-likeness (QED) is 0.342. The van der Waals surface area contributed by atoms with Gasteiger partial charge in [0.1, 0.15) is 11.9 Å². The molecule has 5 aliphatic rings. The van der Waals surface area contributed by atoms with Crippen molar-refractivity contribution in [2.45, 2.75) is 118 Å². The molecule has 0 N–H and O–H groups in total. The molecule has 0 amide bonds. The van der Waals surface area contributed by atoms with Crippen molar-refractivity contribution in [3.63, 3.8) is 0 Å². The van der Waals surface area contributed by atoms with Gasteiger partial charge < -0.3 is 4.74 Å². The van der Waals surface area contributed by atoms with Crippen LogP contribution < -0.4 is 0 Å². The monoisotopic (exact) mass is 454 g/mol. The standard InChI is InChI=1S/C30H46O3/c1-18(17-22(31)25-27(4,5)33-25)19-11-15-30(8)21-9-10-23-26(2,3)24(32)13-14-28(23,6)20(21)12-16-29(19,30)7/h9,18-20,23,25H,10-17H2,1-8H3/t18-,19-,20-,23-,25?,28+,29-,30+/m0/s1. The van der Waals surface area contributed by atoms with Crippen LogP contribution in [0.2, 0.25) is 0 Å². The molecule has 184 valence electrons. The van der Waals surface area contributed by atoms with Crippen LogP contribution in [0.5, 0.6) is 0 Å². The van der Waals surface area contributed by atoms with E-state index in [-0.39, 0.29) is 33.4 Å². The summed E-state index contributed by atoms with van der Waals surface area (Å²) in [6.45, 7) is 18.4. The first-order valence-corrected chi connectivity index (χ1v) is 13.6. The van der Waals surface area contributed by atoms with Gasteiger partial charge in [0, 0.05) is 18.3 Å². The molecule has 3 nitrogen and oxygen atoms in total.